The Morgan fingerprint density at radius 3 is 2.27 bits per heavy atom. The van der Waals surface area contributed by atoms with Crippen LogP contribution in [-0.4, -0.2) is 45.3 Å². The molecule has 6 rings (SSSR count). The zero-order chi connectivity index (χ0) is 35.6. The van der Waals surface area contributed by atoms with Crippen molar-refractivity contribution in [2.24, 2.45) is 5.41 Å². The monoisotopic (exact) mass is 698 g/mol. The minimum absolute atomic E-state index is 0. The summed E-state index contributed by atoms with van der Waals surface area (Å²) < 4.78 is 23.5. The van der Waals surface area contributed by atoms with Crippen molar-refractivity contribution in [2.45, 2.75) is 40.7 Å². The van der Waals surface area contributed by atoms with Gasteiger partial charge in [0, 0.05) is 11.1 Å². The van der Waals surface area contributed by atoms with E-state index in [1.54, 1.807) is 43.5 Å². The number of hydrogen-bond acceptors (Lipinski definition) is 10. The molecule has 0 aliphatic rings. The fourth-order valence-electron chi connectivity index (χ4n) is 5.60. The minimum Gasteiger partial charge on any atom is -0.545 e. The maximum Gasteiger partial charge on any atom is 1.00 e. The van der Waals surface area contributed by atoms with Crippen LogP contribution in [0.2, 0.25) is 0 Å². The van der Waals surface area contributed by atoms with Gasteiger partial charge in [-0.25, -0.2) is 4.79 Å². The summed E-state index contributed by atoms with van der Waals surface area (Å²) in [6.45, 7) is 7.72. The summed E-state index contributed by atoms with van der Waals surface area (Å²) in [5, 5.41) is 16.2. The number of carbonyl (C=O) groups excluding carboxylic acids is 2. The Kier molecular flexibility index (Phi) is 11.2. The molecular weight excluding hydrogens is 663 g/mol. The van der Waals surface area contributed by atoms with E-state index in [-0.39, 0.29) is 53.6 Å². The van der Waals surface area contributed by atoms with Crippen molar-refractivity contribution in [2.75, 3.05) is 13.7 Å². The second-order valence-electron chi connectivity index (χ2n) is 12.7. The number of ether oxygens (including phenoxy) is 3. The van der Waals surface area contributed by atoms with Gasteiger partial charge in [0.1, 0.15) is 0 Å². The summed E-state index contributed by atoms with van der Waals surface area (Å²) in [4.78, 5) is 43.9. The first-order chi connectivity index (χ1) is 24.0. The largest absolute Gasteiger partial charge is 1.00 e. The number of imidazole rings is 1. The number of aromatic amines is 1. The number of carbonyl (C=O) groups is 2. The van der Waals surface area contributed by atoms with Gasteiger partial charge >= 0.3 is 41.3 Å². The number of benzene rings is 4. The maximum absolute atomic E-state index is 12.5. The third kappa shape index (κ3) is 7.93. The van der Waals surface area contributed by atoms with E-state index in [2.05, 4.69) is 10.1 Å². The number of rotatable bonds is 11. The second-order valence-corrected chi connectivity index (χ2v) is 12.7. The normalized spacial score (nSPS) is 11.2. The van der Waals surface area contributed by atoms with Gasteiger partial charge in [0.25, 0.3) is 6.01 Å². The predicted octanol–water partition coefficient (Wildman–Crippen LogP) is 2.41. The van der Waals surface area contributed by atoms with Gasteiger partial charge in [-0.3, -0.25) is 18.9 Å². The van der Waals surface area contributed by atoms with Gasteiger partial charge in [-0.15, -0.1) is 0 Å². The van der Waals surface area contributed by atoms with Gasteiger partial charge in [0.2, 0.25) is 0 Å². The van der Waals surface area contributed by atoms with E-state index >= 15 is 0 Å². The van der Waals surface area contributed by atoms with Crippen LogP contribution in [0.5, 0.6) is 17.5 Å². The molecule has 6 aromatic rings. The molecule has 256 valence electrons. The number of carboxylic acids is 1. The SMILES string of the molecule is CCOc1nc2c(Cc3ccc(OC(=O)C(C)(C)C)c(OC)c3)ccc(C(=O)[O-])c2n1Cc1ccc(-c2ccccc2-c2noc(=O)[nH]2)cc1.[Na+]. The van der Waals surface area contributed by atoms with Gasteiger partial charge < -0.3 is 24.1 Å². The van der Waals surface area contributed by atoms with E-state index in [1.807, 2.05) is 61.5 Å². The summed E-state index contributed by atoms with van der Waals surface area (Å²) >= 11 is 0. The van der Waals surface area contributed by atoms with Crippen molar-refractivity contribution >= 4 is 23.0 Å². The third-order valence-corrected chi connectivity index (χ3v) is 8.10. The number of hydrogen-bond donors (Lipinski definition) is 1. The van der Waals surface area contributed by atoms with E-state index in [4.69, 9.17) is 23.7 Å². The molecule has 4 aromatic carbocycles. The van der Waals surface area contributed by atoms with E-state index in [0.29, 0.717) is 46.9 Å². The zero-order valence-corrected chi connectivity index (χ0v) is 31.2. The predicted molar refractivity (Wildman–Crippen MR) is 183 cm³/mol. The minimum atomic E-state index is -1.34. The molecule has 0 amide bonds. The van der Waals surface area contributed by atoms with E-state index in [0.717, 1.165) is 27.8 Å². The third-order valence-electron chi connectivity index (χ3n) is 8.10. The molecule has 0 saturated heterocycles. The van der Waals surface area contributed by atoms with Crippen LogP contribution in [0.15, 0.2) is 88.2 Å². The van der Waals surface area contributed by atoms with E-state index in [9.17, 15) is 19.5 Å². The molecule has 0 aliphatic heterocycles. The zero-order valence-electron chi connectivity index (χ0n) is 29.2. The molecule has 0 unspecified atom stereocenters. The second kappa shape index (κ2) is 15.4. The molecule has 1 N–H and O–H groups in total. The van der Waals surface area contributed by atoms with Gasteiger partial charge in [-0.05, 0) is 74.1 Å². The molecule has 0 radical (unpaired) electrons. The van der Waals surface area contributed by atoms with E-state index < -0.39 is 17.1 Å². The molecule has 0 fully saturated rings. The summed E-state index contributed by atoms with van der Waals surface area (Å²) in [6, 6.07) is 24.0. The number of aromatic nitrogens is 4. The molecule has 0 spiro atoms. The maximum atomic E-state index is 12.5. The average Bonchev–Trinajstić information content (AvgIpc) is 3.69. The average molecular weight is 699 g/mol. The van der Waals surface area contributed by atoms with Crippen LogP contribution in [0.4, 0.5) is 0 Å². The summed E-state index contributed by atoms with van der Waals surface area (Å²) in [5.74, 6) is -1.35. The molecule has 12 nitrogen and oxygen atoms in total. The quantitative estimate of drug-likeness (QED) is 0.121. The molecule has 0 bridgehead atoms. The molecule has 2 heterocycles. The number of nitrogens with zero attached hydrogens (tertiary/aromatic N) is 3. The Hall–Kier alpha value is -5.17. The number of carboxylic acid groups (broad SMARTS) is 1. The van der Waals surface area contributed by atoms with Crippen LogP contribution in [-0.2, 0) is 17.8 Å². The number of aromatic carboxylic acids is 1. The van der Waals surface area contributed by atoms with Crippen LogP contribution in [0.25, 0.3) is 33.5 Å². The van der Waals surface area contributed by atoms with Crippen LogP contribution in [0, 0.1) is 5.41 Å². The molecule has 2 aromatic heterocycles. The van der Waals surface area contributed by atoms with Crippen molar-refractivity contribution in [3.8, 4) is 40.0 Å². The van der Waals surface area contributed by atoms with Crippen LogP contribution in [0.1, 0.15) is 54.7 Å². The Bertz CT molecular complexity index is 2260. The first-order valence-electron chi connectivity index (χ1n) is 16.0. The number of nitrogens with one attached hydrogen (secondary N) is 1. The fraction of sp³-hybridized carbons (Fsp3) is 0.237. The Labute approximate surface area is 315 Å². The Morgan fingerprint density at radius 1 is 0.941 bits per heavy atom. The van der Waals surface area contributed by atoms with Gasteiger partial charge in [-0.1, -0.05) is 71.9 Å². The number of H-pyrrole nitrogens is 1. The molecular formula is C38H35N4NaO8. The smallest absolute Gasteiger partial charge is 0.545 e. The summed E-state index contributed by atoms with van der Waals surface area (Å²) in [6.07, 6.45) is 0.376. The standard InChI is InChI=1S/C38H36N4O8.Na/c1-6-48-36-39-31-25(19-23-13-18-29(30(20-23)47-5)49-35(45)38(2,3)4)16-17-28(34(43)44)32(31)42(36)21-22-11-14-24(15-12-22)26-9-7-8-10-27(26)33-40-37(46)50-41-33;/h7-18,20H,6,19,21H2,1-5H3,(H,43,44)(H,40,41,46);/q;+1/p-1. The number of fused-ring (bicyclic) bond motifs is 1. The summed E-state index contributed by atoms with van der Waals surface area (Å²) in [7, 11) is 1.50. The van der Waals surface area contributed by atoms with Crippen molar-refractivity contribution in [1.82, 2.24) is 19.7 Å². The summed E-state index contributed by atoms with van der Waals surface area (Å²) in [5.41, 5.74) is 4.99. The first kappa shape index (κ1) is 37.1. The van der Waals surface area contributed by atoms with Crippen molar-refractivity contribution in [3.05, 3.63) is 112 Å². The van der Waals surface area contributed by atoms with Gasteiger partial charge in [0.05, 0.1) is 42.7 Å². The number of methoxy groups -OCH3 is 1. The molecule has 0 atom stereocenters. The van der Waals surface area contributed by atoms with Crippen molar-refractivity contribution < 1.29 is 63.0 Å². The molecule has 51 heavy (non-hydrogen) atoms. The van der Waals surface area contributed by atoms with Gasteiger partial charge in [-0.2, -0.15) is 4.98 Å². The van der Waals surface area contributed by atoms with Crippen LogP contribution < -0.4 is 54.6 Å². The number of esters is 1. The fourth-order valence-corrected chi connectivity index (χ4v) is 5.60. The van der Waals surface area contributed by atoms with Crippen molar-refractivity contribution in [3.63, 3.8) is 0 Å². The first-order valence-corrected chi connectivity index (χ1v) is 16.0. The molecule has 0 aliphatic carbocycles. The van der Waals surface area contributed by atoms with E-state index in [1.165, 1.54) is 13.2 Å². The molecule has 0 saturated carbocycles. The molecule has 13 heteroatoms. The van der Waals surface area contributed by atoms with Crippen LogP contribution >= 0.6 is 0 Å². The van der Waals surface area contributed by atoms with Gasteiger partial charge in [0.15, 0.2) is 17.3 Å². The van der Waals surface area contributed by atoms with Crippen LogP contribution in [0.3, 0.4) is 0 Å². The van der Waals surface area contributed by atoms with Crippen molar-refractivity contribution in [1.29, 1.82) is 0 Å². The Balaban J connectivity index is 0.00000504. The Morgan fingerprint density at radius 2 is 1.65 bits per heavy atom. The topological polar surface area (TPSA) is 162 Å².